The van der Waals surface area contributed by atoms with Crippen LogP contribution in [0.2, 0.25) is 0 Å². The third kappa shape index (κ3) is 4.70. The van der Waals surface area contributed by atoms with Gasteiger partial charge in [-0.2, -0.15) is 31.3 Å². The summed E-state index contributed by atoms with van der Waals surface area (Å²) in [4.78, 5) is 7.78. The van der Waals surface area contributed by atoms with Gasteiger partial charge in [0.1, 0.15) is 11.4 Å². The van der Waals surface area contributed by atoms with Crippen LogP contribution in [0.1, 0.15) is 5.56 Å². The van der Waals surface area contributed by atoms with Gasteiger partial charge in [0.25, 0.3) is 0 Å². The van der Waals surface area contributed by atoms with E-state index in [-0.39, 0.29) is 11.9 Å². The number of para-hydroxylation sites is 1. The summed E-state index contributed by atoms with van der Waals surface area (Å²) in [6, 6.07) is 5.24. The van der Waals surface area contributed by atoms with Gasteiger partial charge in [-0.25, -0.2) is 9.37 Å². The molecule has 1 aromatic carbocycles. The molecule has 11 heteroatoms. The van der Waals surface area contributed by atoms with Gasteiger partial charge in [-0.3, -0.25) is 0 Å². The van der Waals surface area contributed by atoms with Crippen molar-refractivity contribution < 1.29 is 35.5 Å². The molecule has 25 heavy (non-hydrogen) atoms. The van der Waals surface area contributed by atoms with Crippen LogP contribution in [0, 0.1) is 5.82 Å². The van der Waals surface area contributed by atoms with E-state index in [2.05, 4.69) is 14.7 Å². The standard InChI is InChI=1S/C14H10F7N3O/c1-24(10-5-3-2-4-9(10)15)12-22-6-8(14(19,20)21)11(23-12)25-7-13(16,17)18/h2-6H,7H2,1H3. The van der Waals surface area contributed by atoms with Gasteiger partial charge in [-0.15, -0.1) is 0 Å². The largest absolute Gasteiger partial charge is 0.467 e. The highest BCUT2D eigenvalue weighted by atomic mass is 19.4. The first kappa shape index (κ1) is 18.7. The Labute approximate surface area is 136 Å². The number of alkyl halides is 6. The maximum atomic E-state index is 13.7. The molecule has 0 radical (unpaired) electrons. The molecule has 0 fully saturated rings. The lowest BCUT2D eigenvalue weighted by Gasteiger charge is -2.20. The van der Waals surface area contributed by atoms with Crippen LogP contribution in [0.15, 0.2) is 30.5 Å². The van der Waals surface area contributed by atoms with Crippen molar-refractivity contribution in [3.63, 3.8) is 0 Å². The Morgan fingerprint density at radius 1 is 1.08 bits per heavy atom. The fraction of sp³-hybridized carbons (Fsp3) is 0.286. The minimum atomic E-state index is -5.02. The van der Waals surface area contributed by atoms with Gasteiger partial charge < -0.3 is 9.64 Å². The van der Waals surface area contributed by atoms with Crippen molar-refractivity contribution >= 4 is 11.6 Å². The molecule has 0 bridgehead atoms. The number of rotatable bonds is 4. The summed E-state index contributed by atoms with van der Waals surface area (Å²) in [6.07, 6.45) is -9.59. The van der Waals surface area contributed by atoms with Crippen LogP contribution in [0.25, 0.3) is 0 Å². The first-order valence-electron chi connectivity index (χ1n) is 6.61. The number of hydrogen-bond acceptors (Lipinski definition) is 4. The molecule has 136 valence electrons. The third-order valence-corrected chi connectivity index (χ3v) is 2.93. The molecule has 0 aliphatic rings. The van der Waals surface area contributed by atoms with Gasteiger partial charge >= 0.3 is 12.4 Å². The number of benzene rings is 1. The lowest BCUT2D eigenvalue weighted by molar-refractivity contribution is -0.159. The molecule has 0 saturated heterocycles. The molecule has 0 N–H and O–H groups in total. The summed E-state index contributed by atoms with van der Waals surface area (Å²) in [7, 11) is 1.24. The van der Waals surface area contributed by atoms with E-state index in [0.717, 1.165) is 11.0 Å². The van der Waals surface area contributed by atoms with Crippen LogP contribution in [0.3, 0.4) is 0 Å². The highest BCUT2D eigenvalue weighted by Crippen LogP contribution is 2.36. The van der Waals surface area contributed by atoms with Crippen molar-refractivity contribution in [2.45, 2.75) is 12.4 Å². The number of halogens is 7. The average Bonchev–Trinajstić information content (AvgIpc) is 2.51. The van der Waals surface area contributed by atoms with Crippen LogP contribution < -0.4 is 9.64 Å². The summed E-state index contributed by atoms with van der Waals surface area (Å²) in [6.45, 7) is -1.96. The number of nitrogens with zero attached hydrogens (tertiary/aromatic N) is 3. The monoisotopic (exact) mass is 369 g/mol. The van der Waals surface area contributed by atoms with Crippen LogP contribution >= 0.6 is 0 Å². The molecule has 2 rings (SSSR count). The zero-order chi connectivity index (χ0) is 18.8. The van der Waals surface area contributed by atoms with E-state index in [1.165, 1.54) is 25.2 Å². The maximum absolute atomic E-state index is 13.7. The zero-order valence-corrected chi connectivity index (χ0v) is 12.5. The summed E-state index contributed by atoms with van der Waals surface area (Å²) >= 11 is 0. The highest BCUT2D eigenvalue weighted by Gasteiger charge is 2.38. The fourth-order valence-electron chi connectivity index (χ4n) is 1.81. The second-order valence-corrected chi connectivity index (χ2v) is 4.80. The highest BCUT2D eigenvalue weighted by molar-refractivity contribution is 5.57. The molecule has 2 aromatic rings. The quantitative estimate of drug-likeness (QED) is 0.752. The predicted molar refractivity (Wildman–Crippen MR) is 73.0 cm³/mol. The first-order valence-corrected chi connectivity index (χ1v) is 6.61. The van der Waals surface area contributed by atoms with Gasteiger partial charge in [-0.1, -0.05) is 12.1 Å². The Hall–Kier alpha value is -2.59. The Morgan fingerprint density at radius 3 is 2.28 bits per heavy atom. The Morgan fingerprint density at radius 2 is 1.72 bits per heavy atom. The average molecular weight is 369 g/mol. The van der Waals surface area contributed by atoms with Crippen molar-refractivity contribution in [3.8, 4) is 5.88 Å². The van der Waals surface area contributed by atoms with Crippen molar-refractivity contribution in [2.24, 2.45) is 0 Å². The predicted octanol–water partition coefficient (Wildman–Crippen LogP) is 4.34. The van der Waals surface area contributed by atoms with E-state index in [9.17, 15) is 30.7 Å². The number of ether oxygens (including phenoxy) is 1. The van der Waals surface area contributed by atoms with E-state index in [0.29, 0.717) is 0 Å². The summed E-state index contributed by atoms with van der Waals surface area (Å²) in [5.41, 5.74) is -1.65. The Bertz CT molecular complexity index is 746. The maximum Gasteiger partial charge on any atom is 0.423 e. The van der Waals surface area contributed by atoms with E-state index in [1.807, 2.05) is 0 Å². The Balaban J connectivity index is 2.42. The summed E-state index contributed by atoms with van der Waals surface area (Å²) in [5, 5.41) is 0. The molecular weight excluding hydrogens is 359 g/mol. The van der Waals surface area contributed by atoms with Crippen molar-refractivity contribution in [1.29, 1.82) is 0 Å². The van der Waals surface area contributed by atoms with Crippen molar-refractivity contribution in [3.05, 3.63) is 41.8 Å². The van der Waals surface area contributed by atoms with Gasteiger partial charge in [0.2, 0.25) is 11.8 Å². The molecular formula is C14H10F7N3O. The molecule has 0 atom stereocenters. The van der Waals surface area contributed by atoms with Gasteiger partial charge in [0, 0.05) is 13.2 Å². The summed E-state index contributed by atoms with van der Waals surface area (Å²) < 4.78 is 93.2. The molecule has 0 unspecified atom stereocenters. The smallest absolute Gasteiger partial charge is 0.423 e. The van der Waals surface area contributed by atoms with Gasteiger partial charge in [0.15, 0.2) is 6.61 Å². The Kier molecular flexibility index (Phi) is 5.04. The lowest BCUT2D eigenvalue weighted by Crippen LogP contribution is -2.23. The first-order chi connectivity index (χ1) is 11.5. The van der Waals surface area contributed by atoms with Gasteiger partial charge in [0.05, 0.1) is 5.69 Å². The molecule has 0 amide bonds. The van der Waals surface area contributed by atoms with Crippen LogP contribution in [-0.4, -0.2) is 29.8 Å². The van der Waals surface area contributed by atoms with Crippen molar-refractivity contribution in [2.75, 3.05) is 18.6 Å². The minimum absolute atomic E-state index is 0.0796. The number of aromatic nitrogens is 2. The number of anilines is 2. The van der Waals surface area contributed by atoms with Crippen molar-refractivity contribution in [1.82, 2.24) is 9.97 Å². The minimum Gasteiger partial charge on any atom is -0.467 e. The van der Waals surface area contributed by atoms with E-state index < -0.39 is 42.2 Å². The molecule has 0 aliphatic heterocycles. The number of hydrogen-bond donors (Lipinski definition) is 0. The van der Waals surface area contributed by atoms with E-state index in [4.69, 9.17) is 0 Å². The van der Waals surface area contributed by atoms with E-state index >= 15 is 0 Å². The molecule has 1 heterocycles. The lowest BCUT2D eigenvalue weighted by atomic mass is 10.3. The van der Waals surface area contributed by atoms with E-state index in [1.54, 1.807) is 0 Å². The second kappa shape index (κ2) is 6.73. The van der Waals surface area contributed by atoms with Crippen LogP contribution in [0.4, 0.5) is 42.4 Å². The molecule has 0 spiro atoms. The molecule has 0 aliphatic carbocycles. The zero-order valence-electron chi connectivity index (χ0n) is 12.5. The topological polar surface area (TPSA) is 38.2 Å². The third-order valence-electron chi connectivity index (χ3n) is 2.93. The molecule has 0 saturated carbocycles. The molecule has 1 aromatic heterocycles. The summed E-state index contributed by atoms with van der Waals surface area (Å²) in [5.74, 6) is -2.47. The second-order valence-electron chi connectivity index (χ2n) is 4.80. The van der Waals surface area contributed by atoms with Crippen LogP contribution in [-0.2, 0) is 6.18 Å². The normalized spacial score (nSPS) is 12.2. The SMILES string of the molecule is CN(c1ncc(C(F)(F)F)c(OCC(F)(F)F)n1)c1ccccc1F. The van der Waals surface area contributed by atoms with Gasteiger partial charge in [-0.05, 0) is 12.1 Å². The van der Waals surface area contributed by atoms with Crippen LogP contribution in [0.5, 0.6) is 5.88 Å². The fourth-order valence-corrected chi connectivity index (χ4v) is 1.81. The molecule has 4 nitrogen and oxygen atoms in total.